The Balaban J connectivity index is 1.55. The van der Waals surface area contributed by atoms with Gasteiger partial charge in [0, 0.05) is 56.1 Å². The van der Waals surface area contributed by atoms with E-state index in [2.05, 4.69) is 0 Å². The Hall–Kier alpha value is -2.02. The van der Waals surface area contributed by atoms with Crippen LogP contribution in [0, 0.1) is 11.8 Å². The number of thioether (sulfide) groups is 1. The van der Waals surface area contributed by atoms with Crippen LogP contribution in [0.2, 0.25) is 0 Å². The molecule has 2 aliphatic rings. The fourth-order valence-electron chi connectivity index (χ4n) is 3.80. The van der Waals surface area contributed by atoms with Crippen molar-refractivity contribution >= 4 is 35.2 Å². The van der Waals surface area contributed by atoms with E-state index in [-0.39, 0.29) is 30.1 Å². The zero-order valence-electron chi connectivity index (χ0n) is 16.9. The summed E-state index contributed by atoms with van der Waals surface area (Å²) in [4.78, 5) is 44.1. The molecule has 2 aliphatic heterocycles. The van der Waals surface area contributed by atoms with Gasteiger partial charge in [0.05, 0.1) is 5.92 Å². The second-order valence-corrected chi connectivity index (χ2v) is 8.79. The summed E-state index contributed by atoms with van der Waals surface area (Å²) in [6.07, 6.45) is 2.83. The molecule has 2 heterocycles. The number of nitrogens with zero attached hydrogens (tertiary/aromatic N) is 3. The first-order valence-electron chi connectivity index (χ1n) is 9.90. The van der Waals surface area contributed by atoms with Gasteiger partial charge < -0.3 is 14.7 Å². The summed E-state index contributed by atoms with van der Waals surface area (Å²) in [5.74, 6) is 0.241. The highest BCUT2D eigenvalue weighted by Gasteiger charge is 2.38. The van der Waals surface area contributed by atoms with Gasteiger partial charge in [-0.2, -0.15) is 0 Å². The van der Waals surface area contributed by atoms with Crippen molar-refractivity contribution in [1.82, 2.24) is 9.80 Å². The fourth-order valence-corrected chi connectivity index (χ4v) is 4.21. The summed E-state index contributed by atoms with van der Waals surface area (Å²) in [6, 6.07) is 7.87. The highest BCUT2D eigenvalue weighted by Crippen LogP contribution is 2.28. The summed E-state index contributed by atoms with van der Waals surface area (Å²) in [5.41, 5.74) is 0.849. The summed E-state index contributed by atoms with van der Waals surface area (Å²) >= 11 is 1.66. The molecule has 7 heteroatoms. The molecule has 0 unspecified atom stereocenters. The van der Waals surface area contributed by atoms with Crippen LogP contribution >= 0.6 is 11.8 Å². The topological polar surface area (TPSA) is 60.9 Å². The molecular formula is C21H29N3O3S. The van der Waals surface area contributed by atoms with E-state index in [1.54, 1.807) is 16.7 Å². The van der Waals surface area contributed by atoms with Crippen LogP contribution in [0.15, 0.2) is 29.2 Å². The minimum absolute atomic E-state index is 0.000925. The van der Waals surface area contributed by atoms with Gasteiger partial charge in [-0.1, -0.05) is 13.8 Å². The maximum absolute atomic E-state index is 12.9. The molecule has 1 aromatic rings. The second-order valence-electron chi connectivity index (χ2n) is 7.91. The summed E-state index contributed by atoms with van der Waals surface area (Å²) < 4.78 is 0. The molecule has 2 fully saturated rings. The molecule has 0 N–H and O–H groups in total. The first-order valence-corrected chi connectivity index (χ1v) is 11.1. The van der Waals surface area contributed by atoms with Crippen molar-refractivity contribution in [2.24, 2.45) is 11.8 Å². The van der Waals surface area contributed by atoms with E-state index >= 15 is 0 Å². The average molecular weight is 404 g/mol. The standard InChI is InChI=1S/C21H29N3O3S/c1-15(2)12-19(25)22-8-10-23(11-9-22)21(27)16-13-20(26)24(14-16)17-4-6-18(28-3)7-5-17/h4-7,15-16H,8-14H2,1-3H3/t16-/m1/s1. The van der Waals surface area contributed by atoms with Crippen molar-refractivity contribution in [3.05, 3.63) is 24.3 Å². The smallest absolute Gasteiger partial charge is 0.228 e. The van der Waals surface area contributed by atoms with E-state index in [0.717, 1.165) is 10.6 Å². The van der Waals surface area contributed by atoms with Gasteiger partial charge in [-0.25, -0.2) is 0 Å². The third kappa shape index (κ3) is 4.69. The molecule has 28 heavy (non-hydrogen) atoms. The van der Waals surface area contributed by atoms with Crippen molar-refractivity contribution in [1.29, 1.82) is 0 Å². The Kier molecular flexibility index (Phi) is 6.65. The van der Waals surface area contributed by atoms with Crippen LogP contribution in [-0.2, 0) is 14.4 Å². The number of hydrogen-bond acceptors (Lipinski definition) is 4. The van der Waals surface area contributed by atoms with Crippen molar-refractivity contribution in [3.8, 4) is 0 Å². The minimum Gasteiger partial charge on any atom is -0.339 e. The van der Waals surface area contributed by atoms with Gasteiger partial charge in [0.2, 0.25) is 17.7 Å². The first kappa shape index (κ1) is 20.7. The predicted molar refractivity (Wildman–Crippen MR) is 111 cm³/mol. The number of carbonyl (C=O) groups excluding carboxylic acids is 3. The predicted octanol–water partition coefficient (Wildman–Crippen LogP) is 2.48. The lowest BCUT2D eigenvalue weighted by Gasteiger charge is -2.36. The quantitative estimate of drug-likeness (QED) is 0.709. The van der Waals surface area contributed by atoms with E-state index in [0.29, 0.717) is 45.1 Å². The van der Waals surface area contributed by atoms with Crippen molar-refractivity contribution in [2.75, 3.05) is 43.9 Å². The van der Waals surface area contributed by atoms with Crippen LogP contribution in [0.4, 0.5) is 5.69 Å². The largest absolute Gasteiger partial charge is 0.339 e. The van der Waals surface area contributed by atoms with E-state index < -0.39 is 0 Å². The van der Waals surface area contributed by atoms with E-state index in [1.807, 2.05) is 54.2 Å². The molecule has 0 aliphatic carbocycles. The third-order valence-corrected chi connectivity index (χ3v) is 6.13. The molecule has 2 saturated heterocycles. The zero-order chi connectivity index (χ0) is 20.3. The van der Waals surface area contributed by atoms with E-state index in [9.17, 15) is 14.4 Å². The number of rotatable bonds is 5. The highest BCUT2D eigenvalue weighted by atomic mass is 32.2. The van der Waals surface area contributed by atoms with Gasteiger partial charge >= 0.3 is 0 Å². The fraction of sp³-hybridized carbons (Fsp3) is 0.571. The SMILES string of the molecule is CSc1ccc(N2C[C@H](C(=O)N3CCN(C(=O)CC(C)C)CC3)CC2=O)cc1. The Morgan fingerprint density at radius 3 is 2.25 bits per heavy atom. The summed E-state index contributed by atoms with van der Waals surface area (Å²) in [7, 11) is 0. The zero-order valence-corrected chi connectivity index (χ0v) is 17.7. The molecule has 0 radical (unpaired) electrons. The molecule has 1 atom stereocenters. The Morgan fingerprint density at radius 2 is 1.68 bits per heavy atom. The molecule has 3 amide bonds. The molecular weight excluding hydrogens is 374 g/mol. The number of carbonyl (C=O) groups is 3. The van der Waals surface area contributed by atoms with Gasteiger partial charge in [-0.15, -0.1) is 11.8 Å². The van der Waals surface area contributed by atoms with Crippen LogP contribution < -0.4 is 4.90 Å². The van der Waals surface area contributed by atoms with Crippen molar-refractivity contribution in [2.45, 2.75) is 31.6 Å². The first-order chi connectivity index (χ1) is 13.4. The maximum Gasteiger partial charge on any atom is 0.228 e. The molecule has 152 valence electrons. The van der Waals surface area contributed by atoms with Crippen LogP contribution in [0.25, 0.3) is 0 Å². The van der Waals surface area contributed by atoms with Gasteiger partial charge in [0.15, 0.2) is 0 Å². The Labute approximate surface area is 171 Å². The molecule has 0 bridgehead atoms. The highest BCUT2D eigenvalue weighted by molar-refractivity contribution is 7.98. The number of amides is 3. The normalized spacial score (nSPS) is 20.2. The Morgan fingerprint density at radius 1 is 1.07 bits per heavy atom. The van der Waals surface area contributed by atoms with Gasteiger partial charge in [0.25, 0.3) is 0 Å². The molecule has 0 saturated carbocycles. The summed E-state index contributed by atoms with van der Waals surface area (Å²) in [6.45, 7) is 6.77. The third-order valence-electron chi connectivity index (χ3n) is 5.39. The molecule has 3 rings (SSSR count). The molecule has 1 aromatic carbocycles. The van der Waals surface area contributed by atoms with E-state index in [4.69, 9.17) is 0 Å². The second kappa shape index (κ2) is 8.99. The van der Waals surface area contributed by atoms with Crippen LogP contribution in [0.3, 0.4) is 0 Å². The average Bonchev–Trinajstić information content (AvgIpc) is 3.08. The number of hydrogen-bond donors (Lipinski definition) is 0. The maximum atomic E-state index is 12.9. The van der Waals surface area contributed by atoms with Crippen LogP contribution in [-0.4, -0.2) is 66.5 Å². The number of benzene rings is 1. The molecule has 6 nitrogen and oxygen atoms in total. The van der Waals surface area contributed by atoms with Gasteiger partial charge in [-0.05, 0) is 36.4 Å². The van der Waals surface area contributed by atoms with Gasteiger partial charge in [0.1, 0.15) is 0 Å². The minimum atomic E-state index is -0.300. The lowest BCUT2D eigenvalue weighted by atomic mass is 10.1. The Bertz CT molecular complexity index is 727. The lowest BCUT2D eigenvalue weighted by molar-refractivity contribution is -0.142. The lowest BCUT2D eigenvalue weighted by Crippen LogP contribution is -2.52. The van der Waals surface area contributed by atoms with Crippen LogP contribution in [0.1, 0.15) is 26.7 Å². The van der Waals surface area contributed by atoms with Crippen LogP contribution in [0.5, 0.6) is 0 Å². The van der Waals surface area contributed by atoms with Gasteiger partial charge in [-0.3, -0.25) is 14.4 Å². The molecule has 0 spiro atoms. The van der Waals surface area contributed by atoms with Crippen molar-refractivity contribution < 1.29 is 14.4 Å². The van der Waals surface area contributed by atoms with Crippen molar-refractivity contribution in [3.63, 3.8) is 0 Å². The number of piperazine rings is 1. The number of anilines is 1. The monoisotopic (exact) mass is 403 g/mol. The van der Waals surface area contributed by atoms with E-state index in [1.165, 1.54) is 0 Å². The molecule has 0 aromatic heterocycles. The summed E-state index contributed by atoms with van der Waals surface area (Å²) in [5, 5.41) is 0.